The largest absolute Gasteiger partial charge is 0.374 e. The van der Waals surface area contributed by atoms with Crippen molar-refractivity contribution in [3.8, 4) is 0 Å². The normalized spacial score (nSPS) is 25.6. The lowest BCUT2D eigenvalue weighted by molar-refractivity contribution is -0.0260. The molecule has 2 N–H and O–H groups in total. The van der Waals surface area contributed by atoms with E-state index in [-0.39, 0.29) is 6.10 Å². The summed E-state index contributed by atoms with van der Waals surface area (Å²) in [4.78, 5) is 11.7. The van der Waals surface area contributed by atoms with E-state index in [9.17, 15) is 0 Å². The molecule has 26 heavy (non-hydrogen) atoms. The number of rotatable bonds is 4. The maximum Gasteiger partial charge on any atom is 0.191 e. The monoisotopic (exact) mass is 377 g/mol. The highest BCUT2D eigenvalue weighted by atomic mass is 35.5. The molecule has 0 bridgehead atoms. The predicted molar refractivity (Wildman–Crippen MR) is 106 cm³/mol. The number of nitrogens with zero attached hydrogens (tertiary/aromatic N) is 4. The number of hydrogen-bond acceptors (Lipinski definition) is 4. The topological polar surface area (TPSA) is 57.3 Å². The van der Waals surface area contributed by atoms with E-state index in [0.29, 0.717) is 12.5 Å². The standard InChI is InChI=1S/C19H28ClN5O/c20-15-1-3-16(4-2-15)23-7-9-24(10-8-23)19(21)22-13-18-14-25(11-12-26-18)17-5-6-17/h1-4,17-18H,5-14H2,(H2,21,22). The molecule has 1 aromatic rings. The van der Waals surface area contributed by atoms with Crippen molar-refractivity contribution < 1.29 is 4.74 Å². The van der Waals surface area contributed by atoms with Crippen LogP contribution in [0, 0.1) is 0 Å². The smallest absolute Gasteiger partial charge is 0.191 e. The van der Waals surface area contributed by atoms with Gasteiger partial charge in [-0.1, -0.05) is 11.6 Å². The third-order valence-corrected chi connectivity index (χ3v) is 5.74. The Morgan fingerprint density at radius 1 is 1.12 bits per heavy atom. The zero-order valence-corrected chi connectivity index (χ0v) is 15.9. The molecule has 0 amide bonds. The van der Waals surface area contributed by atoms with Crippen molar-refractivity contribution in [3.05, 3.63) is 29.3 Å². The summed E-state index contributed by atoms with van der Waals surface area (Å²) in [5, 5.41) is 0.772. The molecule has 6 nitrogen and oxygen atoms in total. The molecular weight excluding hydrogens is 350 g/mol. The number of anilines is 1. The summed E-state index contributed by atoms with van der Waals surface area (Å²) in [5.74, 6) is 0.646. The van der Waals surface area contributed by atoms with Gasteiger partial charge in [0.2, 0.25) is 0 Å². The molecule has 1 aliphatic carbocycles. The lowest BCUT2D eigenvalue weighted by atomic mass is 10.2. The second-order valence-corrected chi connectivity index (χ2v) is 7.80. The Kier molecular flexibility index (Phi) is 5.52. The van der Waals surface area contributed by atoms with Gasteiger partial charge in [0.05, 0.1) is 19.3 Å². The van der Waals surface area contributed by atoms with E-state index < -0.39 is 0 Å². The van der Waals surface area contributed by atoms with Crippen LogP contribution in [0.5, 0.6) is 0 Å². The molecule has 3 fully saturated rings. The van der Waals surface area contributed by atoms with Crippen LogP contribution in [0.2, 0.25) is 5.02 Å². The maximum atomic E-state index is 6.25. The Morgan fingerprint density at radius 2 is 1.85 bits per heavy atom. The molecule has 3 aliphatic rings. The van der Waals surface area contributed by atoms with Gasteiger partial charge in [0.1, 0.15) is 0 Å². The van der Waals surface area contributed by atoms with Crippen LogP contribution in [0.25, 0.3) is 0 Å². The molecule has 0 spiro atoms. The molecule has 1 saturated carbocycles. The highest BCUT2D eigenvalue weighted by Crippen LogP contribution is 2.28. The van der Waals surface area contributed by atoms with Gasteiger partial charge < -0.3 is 20.3 Å². The lowest BCUT2D eigenvalue weighted by Crippen LogP contribution is -2.51. The Hall–Kier alpha value is -1.50. The first-order valence-corrected chi connectivity index (χ1v) is 9.98. The molecule has 1 atom stereocenters. The number of guanidine groups is 1. The summed E-state index contributed by atoms with van der Waals surface area (Å²) in [6.07, 6.45) is 2.87. The van der Waals surface area contributed by atoms with E-state index in [0.717, 1.165) is 56.9 Å². The Balaban J connectivity index is 1.25. The second kappa shape index (κ2) is 8.03. The fourth-order valence-electron chi connectivity index (χ4n) is 3.76. The molecule has 4 rings (SSSR count). The van der Waals surface area contributed by atoms with Crippen LogP contribution in [0.1, 0.15) is 12.8 Å². The number of aliphatic imine (C=N–C) groups is 1. The van der Waals surface area contributed by atoms with Gasteiger partial charge in [-0.15, -0.1) is 0 Å². The van der Waals surface area contributed by atoms with Crippen LogP contribution in [0.4, 0.5) is 5.69 Å². The van der Waals surface area contributed by atoms with E-state index in [4.69, 9.17) is 22.1 Å². The second-order valence-electron chi connectivity index (χ2n) is 7.37. The van der Waals surface area contributed by atoms with E-state index in [1.807, 2.05) is 12.1 Å². The summed E-state index contributed by atoms with van der Waals surface area (Å²) < 4.78 is 5.87. The first-order valence-electron chi connectivity index (χ1n) is 9.60. The minimum absolute atomic E-state index is 0.179. The van der Waals surface area contributed by atoms with Crippen LogP contribution in [-0.4, -0.2) is 80.3 Å². The highest BCUT2D eigenvalue weighted by molar-refractivity contribution is 6.30. The van der Waals surface area contributed by atoms with Crippen molar-refractivity contribution in [3.63, 3.8) is 0 Å². The van der Waals surface area contributed by atoms with Crippen LogP contribution in [-0.2, 0) is 4.74 Å². The quantitative estimate of drug-likeness (QED) is 0.638. The van der Waals surface area contributed by atoms with E-state index >= 15 is 0 Å². The average molecular weight is 378 g/mol. The van der Waals surface area contributed by atoms with Crippen molar-refractivity contribution in [2.75, 3.05) is 57.3 Å². The fraction of sp³-hybridized carbons (Fsp3) is 0.632. The predicted octanol–water partition coefficient (Wildman–Crippen LogP) is 1.64. The Morgan fingerprint density at radius 3 is 2.54 bits per heavy atom. The van der Waals surface area contributed by atoms with Crippen molar-refractivity contribution in [2.24, 2.45) is 10.7 Å². The Labute approximate surface area is 160 Å². The molecule has 0 radical (unpaired) electrons. The molecular formula is C19H28ClN5O. The van der Waals surface area contributed by atoms with Crippen molar-refractivity contribution in [1.29, 1.82) is 0 Å². The average Bonchev–Trinajstić information content (AvgIpc) is 3.52. The van der Waals surface area contributed by atoms with Gasteiger partial charge in [-0.25, -0.2) is 0 Å². The number of hydrogen-bond donors (Lipinski definition) is 1. The molecule has 7 heteroatoms. The summed E-state index contributed by atoms with van der Waals surface area (Å²) in [7, 11) is 0. The van der Waals surface area contributed by atoms with Gasteiger partial charge in [-0.2, -0.15) is 0 Å². The summed E-state index contributed by atoms with van der Waals surface area (Å²) >= 11 is 5.97. The van der Waals surface area contributed by atoms with E-state index in [1.165, 1.54) is 18.5 Å². The van der Waals surface area contributed by atoms with Gasteiger partial charge in [0, 0.05) is 56.0 Å². The third-order valence-electron chi connectivity index (χ3n) is 5.49. The molecule has 1 unspecified atom stereocenters. The molecule has 2 saturated heterocycles. The lowest BCUT2D eigenvalue weighted by Gasteiger charge is -2.37. The summed E-state index contributed by atoms with van der Waals surface area (Å²) in [5.41, 5.74) is 7.46. The minimum atomic E-state index is 0.179. The fourth-order valence-corrected chi connectivity index (χ4v) is 3.89. The SMILES string of the molecule is NC(=NCC1CN(C2CC2)CCO1)N1CCN(c2ccc(Cl)cc2)CC1. The first-order chi connectivity index (χ1) is 12.7. The molecule has 142 valence electrons. The zero-order valence-electron chi connectivity index (χ0n) is 15.2. The van der Waals surface area contributed by atoms with E-state index in [2.05, 4.69) is 31.8 Å². The minimum Gasteiger partial charge on any atom is -0.374 e. The van der Waals surface area contributed by atoms with Gasteiger partial charge in [-0.3, -0.25) is 9.89 Å². The van der Waals surface area contributed by atoms with Gasteiger partial charge in [-0.05, 0) is 37.1 Å². The van der Waals surface area contributed by atoms with Crippen molar-refractivity contribution in [2.45, 2.75) is 25.0 Å². The molecule has 0 aromatic heterocycles. The van der Waals surface area contributed by atoms with Gasteiger partial charge >= 0.3 is 0 Å². The van der Waals surface area contributed by atoms with E-state index in [1.54, 1.807) is 0 Å². The van der Waals surface area contributed by atoms with Gasteiger partial charge in [0.25, 0.3) is 0 Å². The molecule has 1 aromatic carbocycles. The third kappa shape index (κ3) is 4.42. The molecule has 2 heterocycles. The van der Waals surface area contributed by atoms with Crippen LogP contribution in [0.3, 0.4) is 0 Å². The maximum absolute atomic E-state index is 6.25. The number of nitrogens with two attached hydrogens (primary N) is 1. The number of benzene rings is 1. The number of halogens is 1. The van der Waals surface area contributed by atoms with Crippen LogP contribution >= 0.6 is 11.6 Å². The summed E-state index contributed by atoms with van der Waals surface area (Å²) in [6, 6.07) is 8.81. The highest BCUT2D eigenvalue weighted by Gasteiger charge is 2.32. The number of morpholine rings is 1. The summed E-state index contributed by atoms with van der Waals surface area (Å²) in [6.45, 7) is 7.18. The van der Waals surface area contributed by atoms with Crippen LogP contribution in [0.15, 0.2) is 29.3 Å². The number of ether oxygens (including phenoxy) is 1. The van der Waals surface area contributed by atoms with Crippen molar-refractivity contribution in [1.82, 2.24) is 9.80 Å². The van der Waals surface area contributed by atoms with Gasteiger partial charge in [0.15, 0.2) is 5.96 Å². The Bertz CT molecular complexity index is 625. The first kappa shape index (κ1) is 17.9. The van der Waals surface area contributed by atoms with Crippen LogP contribution < -0.4 is 10.6 Å². The van der Waals surface area contributed by atoms with Crippen molar-refractivity contribution >= 4 is 23.2 Å². The zero-order chi connectivity index (χ0) is 17.9. The number of piperazine rings is 1. The molecule has 2 aliphatic heterocycles.